The zero-order valence-electron chi connectivity index (χ0n) is 14.3. The van der Waals surface area contributed by atoms with Crippen LogP contribution in [0.3, 0.4) is 0 Å². The fourth-order valence-electron chi connectivity index (χ4n) is 3.03. The van der Waals surface area contributed by atoms with Crippen molar-refractivity contribution in [1.82, 2.24) is 19.9 Å². The molecule has 0 aliphatic heterocycles. The molecule has 127 valence electrons. The van der Waals surface area contributed by atoms with Crippen molar-refractivity contribution >= 4 is 11.6 Å². The van der Waals surface area contributed by atoms with Crippen LogP contribution >= 0.6 is 0 Å². The summed E-state index contributed by atoms with van der Waals surface area (Å²) in [5.74, 6) is 2.13. The van der Waals surface area contributed by atoms with Crippen molar-refractivity contribution in [3.05, 3.63) is 54.0 Å². The van der Waals surface area contributed by atoms with Crippen LogP contribution in [0.1, 0.15) is 29.8 Å². The summed E-state index contributed by atoms with van der Waals surface area (Å²) in [6, 6.07) is 5.88. The van der Waals surface area contributed by atoms with Crippen molar-refractivity contribution in [1.29, 1.82) is 0 Å². The molecule has 2 heterocycles. The molecule has 1 aromatic carbocycles. The topological polar surface area (TPSA) is 75.7 Å². The first-order valence-electron chi connectivity index (χ1n) is 8.39. The van der Waals surface area contributed by atoms with Crippen LogP contribution in [0.4, 0.5) is 11.6 Å². The van der Waals surface area contributed by atoms with Crippen LogP contribution in [0.5, 0.6) is 5.75 Å². The van der Waals surface area contributed by atoms with Crippen molar-refractivity contribution in [2.75, 3.05) is 12.4 Å². The standard InChI is InChI=1S/C19H20N5O/c1-12-10-20-18(22-12)15-8-7-14(9-17(15)25-2)23-19-21-11-13-5-3-4-6-16(13)24-19/h6-11H,3-5H2,1-2H3,(H,20,22)(H,21,23,24). The molecule has 1 radical (unpaired) electrons. The smallest absolute Gasteiger partial charge is 0.227 e. The Labute approximate surface area is 146 Å². The lowest BCUT2D eigenvalue weighted by Crippen LogP contribution is -2.07. The van der Waals surface area contributed by atoms with Crippen LogP contribution in [0.25, 0.3) is 11.4 Å². The summed E-state index contributed by atoms with van der Waals surface area (Å²) in [6.07, 6.45) is 9.27. The van der Waals surface area contributed by atoms with Gasteiger partial charge in [0.2, 0.25) is 5.95 Å². The molecule has 0 amide bonds. The van der Waals surface area contributed by atoms with Crippen LogP contribution in [-0.4, -0.2) is 27.0 Å². The number of H-pyrrole nitrogens is 1. The van der Waals surface area contributed by atoms with Crippen LogP contribution in [0.2, 0.25) is 0 Å². The molecule has 0 fully saturated rings. The maximum Gasteiger partial charge on any atom is 0.227 e. The summed E-state index contributed by atoms with van der Waals surface area (Å²) < 4.78 is 5.53. The molecule has 4 rings (SSSR count). The molecule has 1 aliphatic carbocycles. The van der Waals surface area contributed by atoms with E-state index in [1.54, 1.807) is 7.11 Å². The molecule has 3 aromatic rings. The number of imidazole rings is 1. The molecular formula is C19H20N5O. The molecule has 0 spiro atoms. The molecule has 0 bridgehead atoms. The zero-order valence-corrected chi connectivity index (χ0v) is 14.3. The third kappa shape index (κ3) is 3.20. The number of aromatic nitrogens is 4. The monoisotopic (exact) mass is 334 g/mol. The predicted molar refractivity (Wildman–Crippen MR) is 97.0 cm³/mol. The van der Waals surface area contributed by atoms with E-state index in [4.69, 9.17) is 4.74 Å². The molecule has 0 saturated carbocycles. The summed E-state index contributed by atoms with van der Waals surface area (Å²) in [5.41, 5.74) is 5.00. The van der Waals surface area contributed by atoms with Gasteiger partial charge in [-0.15, -0.1) is 0 Å². The molecular weight excluding hydrogens is 314 g/mol. The lowest BCUT2D eigenvalue weighted by molar-refractivity contribution is 0.416. The molecule has 25 heavy (non-hydrogen) atoms. The van der Waals surface area contributed by atoms with Crippen molar-refractivity contribution < 1.29 is 4.74 Å². The Bertz CT molecular complexity index is 903. The van der Waals surface area contributed by atoms with E-state index < -0.39 is 0 Å². The molecule has 6 heteroatoms. The number of rotatable bonds is 4. The Kier molecular flexibility index (Phi) is 4.09. The van der Waals surface area contributed by atoms with E-state index in [-0.39, 0.29) is 0 Å². The number of aromatic amines is 1. The number of nitrogens with one attached hydrogen (secondary N) is 2. The second-order valence-corrected chi connectivity index (χ2v) is 6.13. The average Bonchev–Trinajstić information content (AvgIpc) is 3.07. The van der Waals surface area contributed by atoms with E-state index in [9.17, 15) is 0 Å². The number of benzene rings is 1. The maximum absolute atomic E-state index is 5.53. The van der Waals surface area contributed by atoms with Gasteiger partial charge in [-0.1, -0.05) is 0 Å². The van der Waals surface area contributed by atoms with Gasteiger partial charge in [-0.05, 0) is 43.9 Å². The predicted octanol–water partition coefficient (Wildman–Crippen LogP) is 3.82. The lowest BCUT2D eigenvalue weighted by Gasteiger charge is -2.15. The molecule has 0 saturated heterocycles. The van der Waals surface area contributed by atoms with Gasteiger partial charge in [-0.2, -0.15) is 0 Å². The lowest BCUT2D eigenvalue weighted by atomic mass is 9.98. The maximum atomic E-state index is 5.53. The first kappa shape index (κ1) is 15.6. The summed E-state index contributed by atoms with van der Waals surface area (Å²) >= 11 is 0. The van der Waals surface area contributed by atoms with Gasteiger partial charge in [0.25, 0.3) is 0 Å². The Balaban J connectivity index is 1.61. The van der Waals surface area contributed by atoms with E-state index in [2.05, 4.69) is 31.7 Å². The number of aryl methyl sites for hydroxylation is 2. The molecule has 0 unspecified atom stereocenters. The Morgan fingerprint density at radius 3 is 2.96 bits per heavy atom. The highest BCUT2D eigenvalue weighted by Gasteiger charge is 2.14. The summed E-state index contributed by atoms with van der Waals surface area (Å²) in [5, 5.41) is 3.26. The second-order valence-electron chi connectivity index (χ2n) is 6.13. The van der Waals surface area contributed by atoms with Crippen molar-refractivity contribution in [3.63, 3.8) is 0 Å². The van der Waals surface area contributed by atoms with Gasteiger partial charge in [-0.3, -0.25) is 0 Å². The van der Waals surface area contributed by atoms with Gasteiger partial charge in [0, 0.05) is 30.6 Å². The van der Waals surface area contributed by atoms with Crippen molar-refractivity contribution in [2.24, 2.45) is 0 Å². The van der Waals surface area contributed by atoms with Gasteiger partial charge in [-0.25, -0.2) is 15.0 Å². The highest BCUT2D eigenvalue weighted by Crippen LogP contribution is 2.31. The number of anilines is 2. The molecule has 6 nitrogen and oxygen atoms in total. The van der Waals surface area contributed by atoms with Crippen LogP contribution in [-0.2, 0) is 6.42 Å². The van der Waals surface area contributed by atoms with Gasteiger partial charge in [0.15, 0.2) is 0 Å². The van der Waals surface area contributed by atoms with Crippen LogP contribution in [0, 0.1) is 13.3 Å². The third-order valence-corrected chi connectivity index (χ3v) is 4.30. The van der Waals surface area contributed by atoms with Crippen molar-refractivity contribution in [2.45, 2.75) is 26.2 Å². The minimum Gasteiger partial charge on any atom is -0.496 e. The number of methoxy groups -OCH3 is 1. The molecule has 1 aliphatic rings. The van der Waals surface area contributed by atoms with Crippen molar-refractivity contribution in [3.8, 4) is 17.1 Å². The van der Waals surface area contributed by atoms with Gasteiger partial charge in [0.1, 0.15) is 11.6 Å². The summed E-state index contributed by atoms with van der Waals surface area (Å²) in [6.45, 7) is 1.95. The summed E-state index contributed by atoms with van der Waals surface area (Å²) in [4.78, 5) is 16.7. The molecule has 2 aromatic heterocycles. The van der Waals surface area contributed by atoms with E-state index in [0.717, 1.165) is 47.1 Å². The minimum absolute atomic E-state index is 0.598. The highest BCUT2D eigenvalue weighted by molar-refractivity contribution is 5.70. The Morgan fingerprint density at radius 1 is 1.24 bits per heavy atom. The van der Waals surface area contributed by atoms with E-state index in [1.165, 1.54) is 12.0 Å². The first-order chi connectivity index (χ1) is 12.2. The first-order valence-corrected chi connectivity index (χ1v) is 8.39. The van der Waals surface area contributed by atoms with Crippen LogP contribution < -0.4 is 10.1 Å². The van der Waals surface area contributed by atoms with Crippen LogP contribution in [0.15, 0.2) is 30.6 Å². The second kappa shape index (κ2) is 6.55. The fourth-order valence-corrected chi connectivity index (χ4v) is 3.03. The number of hydrogen-bond acceptors (Lipinski definition) is 5. The normalized spacial score (nSPS) is 13.4. The van der Waals surface area contributed by atoms with Gasteiger partial charge in [0.05, 0.1) is 24.1 Å². The average molecular weight is 334 g/mol. The largest absolute Gasteiger partial charge is 0.496 e. The zero-order chi connectivity index (χ0) is 17.2. The molecule has 2 N–H and O–H groups in total. The van der Waals surface area contributed by atoms with Gasteiger partial charge < -0.3 is 15.0 Å². The minimum atomic E-state index is 0.598. The Hall–Kier alpha value is -2.89. The quantitative estimate of drug-likeness (QED) is 0.758. The van der Waals surface area contributed by atoms with E-state index in [0.29, 0.717) is 5.95 Å². The Morgan fingerprint density at radius 2 is 2.16 bits per heavy atom. The number of hydrogen-bond donors (Lipinski definition) is 2. The highest BCUT2D eigenvalue weighted by atomic mass is 16.5. The molecule has 0 atom stereocenters. The fraction of sp³-hybridized carbons (Fsp3) is 0.263. The number of ether oxygens (including phenoxy) is 1. The van der Waals surface area contributed by atoms with Gasteiger partial charge >= 0.3 is 0 Å². The van der Waals surface area contributed by atoms with E-state index >= 15 is 0 Å². The number of nitrogens with zero attached hydrogens (tertiary/aromatic N) is 3. The van der Waals surface area contributed by atoms with E-state index in [1.807, 2.05) is 37.5 Å². The SMILES string of the molecule is COc1cc(Nc2ncc3c(n2)[CH]CCC3)ccc1-c1nc(C)c[nH]1. The number of fused-ring (bicyclic) bond motifs is 1. The summed E-state index contributed by atoms with van der Waals surface area (Å²) in [7, 11) is 1.66. The third-order valence-electron chi connectivity index (χ3n) is 4.30.